The summed E-state index contributed by atoms with van der Waals surface area (Å²) in [6.45, 7) is 0. The fourth-order valence-electron chi connectivity index (χ4n) is 3.45. The molecule has 2 aliphatic heterocycles. The van der Waals surface area contributed by atoms with E-state index in [-0.39, 0.29) is 0 Å². The Kier molecular flexibility index (Phi) is 1.58. The van der Waals surface area contributed by atoms with Crippen molar-refractivity contribution in [2.45, 2.75) is 62.9 Å². The molecular formula is C12H17O2. The third-order valence-electron chi connectivity index (χ3n) is 4.48. The van der Waals surface area contributed by atoms with Crippen LogP contribution >= 0.6 is 0 Å². The van der Waals surface area contributed by atoms with Gasteiger partial charge in [-0.25, -0.2) is 0 Å². The average molecular weight is 193 g/mol. The molecule has 1 radical (unpaired) electrons. The first-order valence-electron chi connectivity index (χ1n) is 6.05. The zero-order valence-electron chi connectivity index (χ0n) is 8.45. The van der Waals surface area contributed by atoms with Gasteiger partial charge in [-0.05, 0) is 50.4 Å². The SMILES string of the molecule is C1CC2OC2C[C]1C1CCC2OC2C1. The van der Waals surface area contributed by atoms with E-state index in [1.54, 1.807) is 5.92 Å². The molecule has 4 fully saturated rings. The Hall–Kier alpha value is -0.0800. The molecule has 0 aromatic carbocycles. The summed E-state index contributed by atoms with van der Waals surface area (Å²) in [4.78, 5) is 0. The molecule has 0 bridgehead atoms. The minimum absolute atomic E-state index is 0.622. The van der Waals surface area contributed by atoms with E-state index in [2.05, 4.69) is 0 Å². The highest BCUT2D eigenvalue weighted by molar-refractivity contribution is 5.11. The van der Waals surface area contributed by atoms with Gasteiger partial charge in [-0.3, -0.25) is 0 Å². The minimum atomic E-state index is 0.622. The van der Waals surface area contributed by atoms with Gasteiger partial charge in [0, 0.05) is 0 Å². The van der Waals surface area contributed by atoms with Crippen molar-refractivity contribution in [1.82, 2.24) is 0 Å². The molecule has 2 heteroatoms. The lowest BCUT2D eigenvalue weighted by Gasteiger charge is -2.29. The van der Waals surface area contributed by atoms with Crippen LogP contribution in [0.1, 0.15) is 38.5 Å². The van der Waals surface area contributed by atoms with Gasteiger partial charge in [-0.2, -0.15) is 0 Å². The zero-order chi connectivity index (χ0) is 9.12. The first-order valence-corrected chi connectivity index (χ1v) is 6.05. The molecule has 0 spiro atoms. The van der Waals surface area contributed by atoms with Gasteiger partial charge in [0.15, 0.2) is 0 Å². The third kappa shape index (κ3) is 1.24. The summed E-state index contributed by atoms with van der Waals surface area (Å²) in [5.41, 5.74) is 0. The van der Waals surface area contributed by atoms with E-state index in [1.807, 2.05) is 0 Å². The summed E-state index contributed by atoms with van der Waals surface area (Å²) in [6.07, 6.45) is 10.5. The lowest BCUT2D eigenvalue weighted by molar-refractivity contribution is 0.342. The Balaban J connectivity index is 1.41. The summed E-state index contributed by atoms with van der Waals surface area (Å²) in [7, 11) is 0. The molecule has 5 unspecified atom stereocenters. The minimum Gasteiger partial charge on any atom is -0.370 e. The van der Waals surface area contributed by atoms with Gasteiger partial charge < -0.3 is 9.47 Å². The predicted octanol–water partition coefficient (Wildman–Crippen LogP) is 2.08. The number of ether oxygens (including phenoxy) is 2. The molecule has 2 saturated heterocycles. The van der Waals surface area contributed by atoms with Crippen molar-refractivity contribution in [1.29, 1.82) is 0 Å². The first-order chi connectivity index (χ1) is 6.90. The molecule has 77 valence electrons. The second kappa shape index (κ2) is 2.73. The Bertz CT molecular complexity index is 227. The number of fused-ring (bicyclic) bond motifs is 2. The van der Waals surface area contributed by atoms with Crippen molar-refractivity contribution in [3.05, 3.63) is 5.92 Å². The molecule has 14 heavy (non-hydrogen) atoms. The molecule has 0 aromatic rings. The number of rotatable bonds is 1. The monoisotopic (exact) mass is 193 g/mol. The Morgan fingerprint density at radius 3 is 2.57 bits per heavy atom. The molecule has 2 aliphatic carbocycles. The van der Waals surface area contributed by atoms with Gasteiger partial charge in [-0.15, -0.1) is 0 Å². The van der Waals surface area contributed by atoms with Crippen molar-refractivity contribution < 1.29 is 9.47 Å². The van der Waals surface area contributed by atoms with Crippen LogP contribution in [0, 0.1) is 11.8 Å². The number of hydrogen-bond acceptors (Lipinski definition) is 2. The molecule has 2 nitrogen and oxygen atoms in total. The van der Waals surface area contributed by atoms with E-state index in [9.17, 15) is 0 Å². The van der Waals surface area contributed by atoms with Gasteiger partial charge >= 0.3 is 0 Å². The van der Waals surface area contributed by atoms with Crippen LogP contribution in [0.15, 0.2) is 0 Å². The van der Waals surface area contributed by atoms with E-state index in [1.165, 1.54) is 38.5 Å². The van der Waals surface area contributed by atoms with E-state index in [0.29, 0.717) is 24.4 Å². The van der Waals surface area contributed by atoms with Crippen LogP contribution in [-0.2, 0) is 9.47 Å². The van der Waals surface area contributed by atoms with E-state index >= 15 is 0 Å². The van der Waals surface area contributed by atoms with Crippen LogP contribution in [0.2, 0.25) is 0 Å². The molecule has 0 amide bonds. The molecular weight excluding hydrogens is 176 g/mol. The maximum Gasteiger partial charge on any atom is 0.0847 e. The maximum absolute atomic E-state index is 5.59. The highest BCUT2D eigenvalue weighted by Crippen LogP contribution is 2.49. The summed E-state index contributed by atoms with van der Waals surface area (Å²) in [5, 5.41) is 0. The molecule has 2 heterocycles. The average Bonchev–Trinajstić information content (AvgIpc) is 3.10. The predicted molar refractivity (Wildman–Crippen MR) is 51.8 cm³/mol. The number of epoxide rings is 2. The fourth-order valence-corrected chi connectivity index (χ4v) is 3.45. The van der Waals surface area contributed by atoms with E-state index in [0.717, 1.165) is 5.92 Å². The van der Waals surface area contributed by atoms with Crippen LogP contribution in [0.25, 0.3) is 0 Å². The van der Waals surface area contributed by atoms with Crippen LogP contribution in [0.4, 0.5) is 0 Å². The summed E-state index contributed by atoms with van der Waals surface area (Å²) >= 11 is 0. The molecule has 5 atom stereocenters. The Labute approximate surface area is 85.0 Å². The Morgan fingerprint density at radius 2 is 1.71 bits per heavy atom. The summed E-state index contributed by atoms with van der Waals surface area (Å²) < 4.78 is 11.2. The molecule has 0 N–H and O–H groups in total. The molecule has 2 saturated carbocycles. The number of hydrogen-bond donors (Lipinski definition) is 0. The second-order valence-electron chi connectivity index (χ2n) is 5.34. The van der Waals surface area contributed by atoms with Crippen molar-refractivity contribution in [2.24, 2.45) is 5.92 Å². The van der Waals surface area contributed by atoms with Crippen molar-refractivity contribution in [3.8, 4) is 0 Å². The van der Waals surface area contributed by atoms with Crippen molar-refractivity contribution in [3.63, 3.8) is 0 Å². The normalized spacial score (nSPS) is 56.1. The van der Waals surface area contributed by atoms with Crippen LogP contribution in [-0.4, -0.2) is 24.4 Å². The second-order valence-corrected chi connectivity index (χ2v) is 5.34. The lowest BCUT2D eigenvalue weighted by atomic mass is 9.73. The van der Waals surface area contributed by atoms with Crippen LogP contribution in [0.3, 0.4) is 0 Å². The van der Waals surface area contributed by atoms with E-state index < -0.39 is 0 Å². The highest BCUT2D eigenvalue weighted by atomic mass is 16.6. The van der Waals surface area contributed by atoms with Gasteiger partial charge in [0.2, 0.25) is 0 Å². The smallest absolute Gasteiger partial charge is 0.0847 e. The largest absolute Gasteiger partial charge is 0.370 e. The molecule has 4 aliphatic rings. The van der Waals surface area contributed by atoms with Gasteiger partial charge in [0.25, 0.3) is 0 Å². The summed E-state index contributed by atoms with van der Waals surface area (Å²) in [5.74, 6) is 2.68. The molecule has 0 aromatic heterocycles. The van der Waals surface area contributed by atoms with Crippen molar-refractivity contribution in [2.75, 3.05) is 0 Å². The fraction of sp³-hybridized carbons (Fsp3) is 0.917. The summed E-state index contributed by atoms with van der Waals surface area (Å²) in [6, 6.07) is 0. The zero-order valence-corrected chi connectivity index (χ0v) is 8.45. The molecule has 4 rings (SSSR count). The lowest BCUT2D eigenvalue weighted by Crippen LogP contribution is -2.24. The van der Waals surface area contributed by atoms with Crippen LogP contribution < -0.4 is 0 Å². The Morgan fingerprint density at radius 1 is 0.857 bits per heavy atom. The maximum atomic E-state index is 5.59. The van der Waals surface area contributed by atoms with Gasteiger partial charge in [0.1, 0.15) is 0 Å². The third-order valence-corrected chi connectivity index (χ3v) is 4.48. The van der Waals surface area contributed by atoms with Gasteiger partial charge in [0.05, 0.1) is 24.4 Å². The van der Waals surface area contributed by atoms with Crippen LogP contribution in [0.5, 0.6) is 0 Å². The van der Waals surface area contributed by atoms with Gasteiger partial charge in [-0.1, -0.05) is 0 Å². The first kappa shape index (κ1) is 8.12. The van der Waals surface area contributed by atoms with E-state index in [4.69, 9.17) is 9.47 Å². The van der Waals surface area contributed by atoms with Crippen molar-refractivity contribution >= 4 is 0 Å². The topological polar surface area (TPSA) is 25.1 Å². The standard InChI is InChI=1S/C12H17O2/c1-3-9-11(13-9)5-7(1)8-2-4-10-12(6-8)14-10/h7,9-12H,1-6H2. The highest BCUT2D eigenvalue weighted by Gasteiger charge is 2.50. The quantitative estimate of drug-likeness (QED) is 0.596.